The zero-order valence-electron chi connectivity index (χ0n) is 24.6. The van der Waals surface area contributed by atoms with Gasteiger partial charge in [-0.05, 0) is 59.5 Å². The average Bonchev–Trinajstić information content (AvgIpc) is 3.02. The van der Waals surface area contributed by atoms with Crippen molar-refractivity contribution in [2.45, 2.75) is 37.8 Å². The van der Waals surface area contributed by atoms with E-state index < -0.39 is 34.3 Å². The van der Waals surface area contributed by atoms with Gasteiger partial charge in [0.25, 0.3) is 10.0 Å². The number of halogens is 2. The number of nitrogens with one attached hydrogen (secondary N) is 1. The molecule has 0 radical (unpaired) electrons. The molecule has 7 nitrogen and oxygen atoms in total. The topological polar surface area (TPSA) is 86.8 Å². The molecule has 2 amide bonds. The summed E-state index contributed by atoms with van der Waals surface area (Å²) in [5.74, 6) is -1.40. The van der Waals surface area contributed by atoms with Crippen LogP contribution in [-0.2, 0) is 32.6 Å². The van der Waals surface area contributed by atoms with Gasteiger partial charge in [0.05, 0.1) is 10.6 Å². The fourth-order valence-corrected chi connectivity index (χ4v) is 6.25. The van der Waals surface area contributed by atoms with Crippen LogP contribution in [0.3, 0.4) is 0 Å². The highest BCUT2D eigenvalue weighted by Crippen LogP contribution is 2.26. The third kappa shape index (κ3) is 8.45. The van der Waals surface area contributed by atoms with Crippen molar-refractivity contribution in [2.75, 3.05) is 17.4 Å². The molecule has 0 bridgehead atoms. The first-order valence-electron chi connectivity index (χ1n) is 14.2. The highest BCUT2D eigenvalue weighted by molar-refractivity contribution is 7.92. The van der Waals surface area contributed by atoms with E-state index in [1.54, 1.807) is 54.6 Å². The molecule has 0 aliphatic carbocycles. The Morgan fingerprint density at radius 2 is 1.43 bits per heavy atom. The van der Waals surface area contributed by atoms with Crippen molar-refractivity contribution in [3.63, 3.8) is 0 Å². The third-order valence-electron chi connectivity index (χ3n) is 6.98. The monoisotopic (exact) mass is 635 g/mol. The second-order valence-electron chi connectivity index (χ2n) is 10.8. The summed E-state index contributed by atoms with van der Waals surface area (Å²) in [5.41, 5.74) is 1.67. The lowest BCUT2D eigenvalue weighted by molar-refractivity contribution is -0.140. The van der Waals surface area contributed by atoms with Crippen molar-refractivity contribution in [3.8, 4) is 0 Å². The predicted octanol–water partition coefficient (Wildman–Crippen LogP) is 6.09. The van der Waals surface area contributed by atoms with Crippen molar-refractivity contribution in [2.24, 2.45) is 5.92 Å². The van der Waals surface area contributed by atoms with Crippen LogP contribution in [0.5, 0.6) is 0 Å². The smallest absolute Gasteiger partial charge is 0.264 e. The average molecular weight is 636 g/mol. The van der Waals surface area contributed by atoms with E-state index in [0.717, 1.165) is 34.1 Å². The molecular weight excluding hydrogens is 601 g/mol. The van der Waals surface area contributed by atoms with Crippen LogP contribution in [-0.4, -0.2) is 44.3 Å². The van der Waals surface area contributed by atoms with Crippen molar-refractivity contribution < 1.29 is 22.4 Å². The van der Waals surface area contributed by atoms with Crippen LogP contribution in [0.2, 0.25) is 5.02 Å². The van der Waals surface area contributed by atoms with Gasteiger partial charge < -0.3 is 10.2 Å². The van der Waals surface area contributed by atoms with Gasteiger partial charge in [-0.15, -0.1) is 0 Å². The standard InChI is InChI=1S/C34H35ClFN3O4S/c1-25(2)22-37-34(41)32(21-26-11-5-3-6-12-26)38(23-27-13-9-10-16-31(27)35)33(40)24-39(29-14-7-4-8-15-29)44(42,43)30-19-17-28(36)18-20-30/h3-20,25,32H,21-24H2,1-2H3,(H,37,41)/t32-/m1/s1. The van der Waals surface area contributed by atoms with E-state index in [1.165, 1.54) is 4.90 Å². The minimum Gasteiger partial charge on any atom is -0.354 e. The van der Waals surface area contributed by atoms with Crippen LogP contribution in [0.1, 0.15) is 25.0 Å². The van der Waals surface area contributed by atoms with Crippen LogP contribution in [0.25, 0.3) is 0 Å². The number of benzene rings is 4. The van der Waals surface area contributed by atoms with E-state index in [-0.39, 0.29) is 35.4 Å². The van der Waals surface area contributed by atoms with Crippen molar-refractivity contribution >= 4 is 39.1 Å². The SMILES string of the molecule is CC(C)CNC(=O)[C@@H](Cc1ccccc1)N(Cc1ccccc1Cl)C(=O)CN(c1ccccc1)S(=O)(=O)c1ccc(F)cc1. The molecule has 44 heavy (non-hydrogen) atoms. The molecule has 0 aliphatic rings. The molecule has 4 aromatic carbocycles. The van der Waals surface area contributed by atoms with Crippen molar-refractivity contribution in [3.05, 3.63) is 131 Å². The summed E-state index contributed by atoms with van der Waals surface area (Å²) in [4.78, 5) is 29.4. The summed E-state index contributed by atoms with van der Waals surface area (Å²) in [6.45, 7) is 3.68. The van der Waals surface area contributed by atoms with Crippen LogP contribution in [0.4, 0.5) is 10.1 Å². The Bertz CT molecular complexity index is 1650. The number of amides is 2. The highest BCUT2D eigenvalue weighted by atomic mass is 35.5. The number of para-hydroxylation sites is 1. The molecule has 1 atom stereocenters. The summed E-state index contributed by atoms with van der Waals surface area (Å²) < 4.78 is 42.5. The lowest BCUT2D eigenvalue weighted by Crippen LogP contribution is -2.53. The van der Waals surface area contributed by atoms with Gasteiger partial charge in [0.2, 0.25) is 11.8 Å². The number of carbonyl (C=O) groups excluding carboxylic acids is 2. The molecule has 1 N–H and O–H groups in total. The van der Waals surface area contributed by atoms with Gasteiger partial charge in [-0.25, -0.2) is 12.8 Å². The Kier molecular flexibility index (Phi) is 11.1. The number of sulfonamides is 1. The summed E-state index contributed by atoms with van der Waals surface area (Å²) in [7, 11) is -4.31. The Balaban J connectivity index is 1.79. The molecule has 0 spiro atoms. The van der Waals surface area contributed by atoms with E-state index >= 15 is 0 Å². The van der Waals surface area contributed by atoms with Crippen LogP contribution in [0, 0.1) is 11.7 Å². The lowest BCUT2D eigenvalue weighted by atomic mass is 10.0. The molecule has 0 heterocycles. The number of anilines is 1. The first-order valence-corrected chi connectivity index (χ1v) is 16.1. The van der Waals surface area contributed by atoms with Gasteiger partial charge in [0.15, 0.2) is 0 Å². The van der Waals surface area contributed by atoms with E-state index in [9.17, 15) is 22.4 Å². The largest absolute Gasteiger partial charge is 0.354 e. The maximum atomic E-state index is 14.4. The maximum absolute atomic E-state index is 14.4. The van der Waals surface area contributed by atoms with Crippen LogP contribution < -0.4 is 9.62 Å². The molecule has 0 saturated heterocycles. The van der Waals surface area contributed by atoms with Gasteiger partial charge in [-0.3, -0.25) is 13.9 Å². The molecule has 4 rings (SSSR count). The summed E-state index contributed by atoms with van der Waals surface area (Å²) in [5, 5.41) is 3.36. The number of hydrogen-bond acceptors (Lipinski definition) is 4. The molecule has 0 aliphatic heterocycles. The summed E-state index contributed by atoms with van der Waals surface area (Å²) in [6, 6.07) is 27.9. The fraction of sp³-hybridized carbons (Fsp3) is 0.235. The zero-order valence-corrected chi connectivity index (χ0v) is 26.1. The minimum atomic E-state index is -4.31. The highest BCUT2D eigenvalue weighted by Gasteiger charge is 2.35. The second-order valence-corrected chi connectivity index (χ2v) is 13.0. The molecule has 4 aromatic rings. The molecular formula is C34H35ClFN3O4S. The molecule has 0 unspecified atom stereocenters. The Labute approximate surface area is 263 Å². The fourth-order valence-electron chi connectivity index (χ4n) is 4.64. The quantitative estimate of drug-likeness (QED) is 0.193. The van der Waals surface area contributed by atoms with Crippen molar-refractivity contribution in [1.29, 1.82) is 0 Å². The summed E-state index contributed by atoms with van der Waals surface area (Å²) >= 11 is 6.51. The first-order chi connectivity index (χ1) is 21.1. The molecule has 0 aromatic heterocycles. The zero-order chi connectivity index (χ0) is 31.7. The normalized spacial score (nSPS) is 12.0. The van der Waals surface area contributed by atoms with Crippen molar-refractivity contribution in [1.82, 2.24) is 10.2 Å². The predicted molar refractivity (Wildman–Crippen MR) is 171 cm³/mol. The second kappa shape index (κ2) is 15.0. The van der Waals surface area contributed by atoms with E-state index in [4.69, 9.17) is 11.6 Å². The molecule has 10 heteroatoms. The van der Waals surface area contributed by atoms with Crippen LogP contribution >= 0.6 is 11.6 Å². The van der Waals surface area contributed by atoms with E-state index in [2.05, 4.69) is 5.32 Å². The van der Waals surface area contributed by atoms with Gasteiger partial charge in [-0.2, -0.15) is 0 Å². The maximum Gasteiger partial charge on any atom is 0.264 e. The van der Waals surface area contributed by atoms with Gasteiger partial charge >= 0.3 is 0 Å². The van der Waals surface area contributed by atoms with Gasteiger partial charge in [0.1, 0.15) is 18.4 Å². The van der Waals surface area contributed by atoms with E-state index in [0.29, 0.717) is 17.1 Å². The number of hydrogen-bond donors (Lipinski definition) is 1. The molecule has 0 fully saturated rings. The first kappa shape index (κ1) is 32.7. The molecule has 230 valence electrons. The number of rotatable bonds is 13. The minimum absolute atomic E-state index is 0.0374. The van der Waals surface area contributed by atoms with E-state index in [1.807, 2.05) is 44.2 Å². The van der Waals surface area contributed by atoms with Gasteiger partial charge in [-0.1, -0.05) is 92.2 Å². The molecule has 0 saturated carbocycles. The Hall–Kier alpha value is -4.21. The van der Waals surface area contributed by atoms with Crippen LogP contribution in [0.15, 0.2) is 114 Å². The summed E-state index contributed by atoms with van der Waals surface area (Å²) in [6.07, 6.45) is 0.191. The lowest BCUT2D eigenvalue weighted by Gasteiger charge is -2.34. The Morgan fingerprint density at radius 1 is 0.841 bits per heavy atom. The Morgan fingerprint density at radius 3 is 2.05 bits per heavy atom. The number of carbonyl (C=O) groups is 2. The number of nitrogens with zero attached hydrogens (tertiary/aromatic N) is 2. The van der Waals surface area contributed by atoms with Gasteiger partial charge in [0, 0.05) is 24.5 Å². The third-order valence-corrected chi connectivity index (χ3v) is 9.14.